The van der Waals surface area contributed by atoms with E-state index in [0.717, 1.165) is 59.8 Å². The van der Waals surface area contributed by atoms with Gasteiger partial charge in [-0.2, -0.15) is 0 Å². The summed E-state index contributed by atoms with van der Waals surface area (Å²) in [5.74, 6) is -0.688. The zero-order chi connectivity index (χ0) is 34.6. The lowest BCUT2D eigenvalue weighted by Crippen LogP contribution is -2.32. The normalized spacial score (nSPS) is 12.2. The van der Waals surface area contributed by atoms with E-state index in [-0.39, 0.29) is 11.6 Å². The minimum Gasteiger partial charge on any atom is -0.309 e. The quantitative estimate of drug-likeness (QED) is 0.0930. The molecule has 51 heavy (non-hydrogen) atoms. The maximum atomic E-state index is 15.4. The Morgan fingerprint density at radius 2 is 0.824 bits per heavy atom. The molecule has 0 aliphatic carbocycles. The molecule has 0 spiro atoms. The largest absolute Gasteiger partial charge is 0.309 e. The topological polar surface area (TPSA) is 17.1 Å². The highest BCUT2D eigenvalue weighted by Gasteiger charge is 2.41. The van der Waals surface area contributed by atoms with E-state index in [4.69, 9.17) is 0 Å². The van der Waals surface area contributed by atoms with E-state index in [2.05, 4.69) is 54.6 Å². The van der Waals surface area contributed by atoms with E-state index in [1.807, 2.05) is 109 Å². The van der Waals surface area contributed by atoms with Crippen LogP contribution in [0.5, 0.6) is 0 Å². The third-order valence-electron chi connectivity index (χ3n) is 10.4. The van der Waals surface area contributed by atoms with Crippen molar-refractivity contribution in [2.75, 3.05) is 0 Å². The first-order chi connectivity index (χ1) is 25.0. The summed E-state index contributed by atoms with van der Waals surface area (Å²) in [7, 11) is -3.26. The highest BCUT2D eigenvalue weighted by atomic mass is 31.2. The smallest absolute Gasteiger partial charge is 0.171 e. The Hall–Kier alpha value is -5.89. The molecule has 0 bridgehead atoms. The molecule has 0 fully saturated rings. The molecular weight excluding hydrogens is 649 g/mol. The van der Waals surface area contributed by atoms with Crippen LogP contribution in [-0.2, 0) is 9.98 Å². The highest BCUT2D eigenvalue weighted by molar-refractivity contribution is 7.85. The van der Waals surface area contributed by atoms with Crippen LogP contribution in [0.4, 0.5) is 8.78 Å². The molecule has 0 N–H and O–H groups in total. The van der Waals surface area contributed by atoms with E-state index in [1.165, 1.54) is 29.7 Å². The van der Waals surface area contributed by atoms with Crippen LogP contribution in [-0.4, -0.2) is 0 Å². The second-order valence-corrected chi connectivity index (χ2v) is 15.8. The van der Waals surface area contributed by atoms with Crippen molar-refractivity contribution < 1.29 is 13.3 Å². The van der Waals surface area contributed by atoms with Crippen molar-refractivity contribution in [2.45, 2.75) is 5.41 Å². The van der Waals surface area contributed by atoms with Gasteiger partial charge in [0.05, 0.1) is 5.41 Å². The zero-order valence-electron chi connectivity index (χ0n) is 27.5. The van der Waals surface area contributed by atoms with Gasteiger partial charge in [-0.3, -0.25) is 0 Å². The Morgan fingerprint density at radius 3 is 1.35 bits per heavy atom. The number of hydrogen-bond donors (Lipinski definition) is 0. The van der Waals surface area contributed by atoms with Gasteiger partial charge in [-0.15, -0.1) is 0 Å². The van der Waals surface area contributed by atoms with E-state index in [9.17, 15) is 8.78 Å². The van der Waals surface area contributed by atoms with Crippen LogP contribution in [0.3, 0.4) is 0 Å². The zero-order valence-corrected chi connectivity index (χ0v) is 28.4. The summed E-state index contributed by atoms with van der Waals surface area (Å²) in [5, 5.41) is 8.92. The Morgan fingerprint density at radius 1 is 0.392 bits per heavy atom. The number of benzene rings is 9. The summed E-state index contributed by atoms with van der Waals surface area (Å²) in [4.78, 5) is 0. The Balaban J connectivity index is 1.39. The fraction of sp³-hybridized carbons (Fsp3) is 0.0213. The van der Waals surface area contributed by atoms with Crippen molar-refractivity contribution in [2.24, 2.45) is 0 Å². The van der Waals surface area contributed by atoms with Gasteiger partial charge in [0.15, 0.2) is 7.14 Å². The lowest BCUT2D eigenvalue weighted by Gasteiger charge is -2.38. The summed E-state index contributed by atoms with van der Waals surface area (Å²) >= 11 is 0. The number of halogens is 2. The monoisotopic (exact) mass is 680 g/mol. The van der Waals surface area contributed by atoms with Crippen LogP contribution < -0.4 is 15.9 Å². The first-order valence-electron chi connectivity index (χ1n) is 17.0. The van der Waals surface area contributed by atoms with Gasteiger partial charge in [0.2, 0.25) is 0 Å². The van der Waals surface area contributed by atoms with E-state index in [1.54, 1.807) is 0 Å². The summed E-state index contributed by atoms with van der Waals surface area (Å²) < 4.78 is 44.8. The average Bonchev–Trinajstić information content (AvgIpc) is 3.19. The molecule has 0 atom stereocenters. The maximum Gasteiger partial charge on any atom is 0.171 e. The molecule has 0 aromatic heterocycles. The summed E-state index contributed by atoms with van der Waals surface area (Å²) in [5.41, 5.74) is 2.50. The summed E-state index contributed by atoms with van der Waals surface area (Å²) in [6.07, 6.45) is 0. The predicted octanol–water partition coefficient (Wildman–Crippen LogP) is 10.9. The Kier molecular flexibility index (Phi) is 7.42. The van der Waals surface area contributed by atoms with E-state index < -0.39 is 12.6 Å². The van der Waals surface area contributed by atoms with Gasteiger partial charge in [-0.1, -0.05) is 158 Å². The fourth-order valence-electron chi connectivity index (χ4n) is 8.08. The van der Waals surface area contributed by atoms with Crippen molar-refractivity contribution in [3.8, 4) is 0 Å². The van der Waals surface area contributed by atoms with Crippen molar-refractivity contribution in [3.05, 3.63) is 222 Å². The second kappa shape index (κ2) is 12.2. The van der Waals surface area contributed by atoms with Crippen molar-refractivity contribution in [3.63, 3.8) is 0 Å². The molecule has 0 saturated carbocycles. The van der Waals surface area contributed by atoms with Crippen LogP contribution in [0, 0.1) is 11.6 Å². The first-order valence-corrected chi connectivity index (χ1v) is 18.7. The van der Waals surface area contributed by atoms with E-state index in [0.29, 0.717) is 5.30 Å². The molecule has 0 saturated heterocycles. The minimum atomic E-state index is -3.26. The molecular formula is C47H31F2OP. The molecule has 0 radical (unpaired) electrons. The Labute approximate surface area is 295 Å². The summed E-state index contributed by atoms with van der Waals surface area (Å²) in [6, 6.07) is 59.8. The van der Waals surface area contributed by atoms with Gasteiger partial charge in [-0.05, 0) is 84.9 Å². The van der Waals surface area contributed by atoms with Crippen LogP contribution >= 0.6 is 7.14 Å². The standard InChI is InChI=1S/C47H31F2OP/c48-38-25-19-35(20-26-38)47(36-21-27-39(49)28-22-36,44-31-34-11-7-9-32-17-18-33-10-8-16-43(44)46(33)45(32)34)37-23-29-42(30-24-37)51(50,40-12-3-1-4-13-40)41-14-5-2-6-15-41/h1-31H. The van der Waals surface area contributed by atoms with Crippen LogP contribution in [0.2, 0.25) is 0 Å². The van der Waals surface area contributed by atoms with Gasteiger partial charge >= 0.3 is 0 Å². The van der Waals surface area contributed by atoms with Crippen LogP contribution in [0.15, 0.2) is 188 Å². The van der Waals surface area contributed by atoms with Gasteiger partial charge in [0.1, 0.15) is 11.6 Å². The molecule has 244 valence electrons. The van der Waals surface area contributed by atoms with Crippen LogP contribution in [0.1, 0.15) is 22.3 Å². The Bertz CT molecular complexity index is 2620. The SMILES string of the molecule is O=P(c1ccccc1)(c1ccccc1)c1ccc(C(c2ccc(F)cc2)(c2ccc(F)cc2)c2cc3cccc4ccc5cccc2c5c43)cc1. The average molecular weight is 681 g/mol. The predicted molar refractivity (Wildman–Crippen MR) is 208 cm³/mol. The molecule has 0 heterocycles. The second-order valence-electron chi connectivity index (χ2n) is 13.1. The van der Waals surface area contributed by atoms with Gasteiger partial charge in [0, 0.05) is 15.9 Å². The van der Waals surface area contributed by atoms with Crippen molar-refractivity contribution >= 4 is 55.4 Å². The molecule has 0 aliphatic rings. The molecule has 9 rings (SSSR count). The number of rotatable bonds is 7. The fourth-order valence-corrected chi connectivity index (χ4v) is 10.7. The molecule has 9 aromatic rings. The lowest BCUT2D eigenvalue weighted by molar-refractivity contribution is 0.592. The maximum absolute atomic E-state index is 15.4. The van der Waals surface area contributed by atoms with Gasteiger partial charge in [-0.25, -0.2) is 8.78 Å². The first kappa shape index (κ1) is 31.1. The lowest BCUT2D eigenvalue weighted by atomic mass is 9.63. The van der Waals surface area contributed by atoms with Crippen molar-refractivity contribution in [1.29, 1.82) is 0 Å². The third kappa shape index (κ3) is 4.84. The molecule has 0 aliphatic heterocycles. The minimum absolute atomic E-state index is 0.344. The van der Waals surface area contributed by atoms with Crippen molar-refractivity contribution in [1.82, 2.24) is 0 Å². The summed E-state index contributed by atoms with van der Waals surface area (Å²) in [6.45, 7) is 0. The number of hydrogen-bond acceptors (Lipinski definition) is 1. The van der Waals surface area contributed by atoms with Crippen LogP contribution in [0.25, 0.3) is 32.3 Å². The molecule has 4 heteroatoms. The third-order valence-corrected chi connectivity index (χ3v) is 13.4. The highest BCUT2D eigenvalue weighted by Crippen LogP contribution is 2.51. The molecule has 1 nitrogen and oxygen atoms in total. The molecule has 9 aromatic carbocycles. The van der Waals surface area contributed by atoms with Gasteiger partial charge < -0.3 is 4.57 Å². The molecule has 0 unspecified atom stereocenters. The van der Waals surface area contributed by atoms with E-state index >= 15 is 4.57 Å². The molecule has 0 amide bonds. The van der Waals surface area contributed by atoms with Gasteiger partial charge in [0.25, 0.3) is 0 Å².